The summed E-state index contributed by atoms with van der Waals surface area (Å²) in [5, 5.41) is 0. The predicted molar refractivity (Wildman–Crippen MR) is 279 cm³/mol. The van der Waals surface area contributed by atoms with Gasteiger partial charge in [-0.2, -0.15) is 0 Å². The van der Waals surface area contributed by atoms with Gasteiger partial charge in [0.2, 0.25) is 0 Å². The van der Waals surface area contributed by atoms with Gasteiger partial charge >= 0.3 is 17.9 Å². The van der Waals surface area contributed by atoms with Gasteiger partial charge in [-0.3, -0.25) is 14.4 Å². The quantitative estimate of drug-likeness (QED) is 0.0262. The Balaban J connectivity index is 4.50. The predicted octanol–water partition coefficient (Wildman–Crippen LogP) is 17.5. The Bertz CT molecular complexity index is 1360. The van der Waals surface area contributed by atoms with E-state index in [0.29, 0.717) is 19.3 Å². The number of rotatable bonds is 46. The Morgan fingerprint density at radius 1 is 0.323 bits per heavy atom. The van der Waals surface area contributed by atoms with Crippen LogP contribution in [0.1, 0.15) is 226 Å². The van der Waals surface area contributed by atoms with Gasteiger partial charge in [-0.15, -0.1) is 0 Å². The fourth-order valence-corrected chi connectivity index (χ4v) is 6.83. The lowest BCUT2D eigenvalue weighted by Crippen LogP contribution is -2.30. The fraction of sp³-hybridized carbons (Fsp3) is 0.644. The number of esters is 3. The Hall–Kier alpha value is -3.93. The van der Waals surface area contributed by atoms with Gasteiger partial charge in [-0.25, -0.2) is 0 Å². The van der Waals surface area contributed by atoms with Crippen molar-refractivity contribution in [3.8, 4) is 0 Å². The van der Waals surface area contributed by atoms with E-state index in [0.717, 1.165) is 161 Å². The van der Waals surface area contributed by atoms with Crippen LogP contribution in [0.3, 0.4) is 0 Å². The van der Waals surface area contributed by atoms with Crippen LogP contribution in [0.4, 0.5) is 0 Å². The highest BCUT2D eigenvalue weighted by Gasteiger charge is 2.19. The number of carbonyl (C=O) groups is 3. The van der Waals surface area contributed by atoms with Crippen LogP contribution >= 0.6 is 0 Å². The molecule has 6 nitrogen and oxygen atoms in total. The molecule has 0 aliphatic heterocycles. The highest BCUT2D eigenvalue weighted by atomic mass is 16.6. The second-order valence-electron chi connectivity index (χ2n) is 17.0. The van der Waals surface area contributed by atoms with Crippen molar-refractivity contribution in [1.29, 1.82) is 0 Å². The molecule has 0 N–H and O–H groups in total. The van der Waals surface area contributed by atoms with Crippen LogP contribution in [-0.2, 0) is 28.6 Å². The molecule has 1 atom stereocenters. The van der Waals surface area contributed by atoms with Crippen LogP contribution in [-0.4, -0.2) is 37.2 Å². The number of unbranched alkanes of at least 4 members (excludes halogenated alkanes) is 17. The van der Waals surface area contributed by atoms with E-state index in [1.54, 1.807) is 0 Å². The Kier molecular flexibility index (Phi) is 49.5. The van der Waals surface area contributed by atoms with Crippen LogP contribution < -0.4 is 0 Å². The molecule has 6 heteroatoms. The lowest BCUT2D eigenvalue weighted by molar-refractivity contribution is -0.167. The summed E-state index contributed by atoms with van der Waals surface area (Å²) < 4.78 is 16.8. The zero-order valence-electron chi connectivity index (χ0n) is 42.0. The molecule has 0 aromatic rings. The van der Waals surface area contributed by atoms with E-state index in [2.05, 4.69) is 130 Å². The average molecular weight is 901 g/mol. The summed E-state index contributed by atoms with van der Waals surface area (Å²) in [7, 11) is 0. The zero-order valence-corrected chi connectivity index (χ0v) is 42.0. The van der Waals surface area contributed by atoms with Crippen LogP contribution in [0.5, 0.6) is 0 Å². The van der Waals surface area contributed by atoms with E-state index in [1.165, 1.54) is 25.7 Å². The van der Waals surface area contributed by atoms with E-state index in [9.17, 15) is 14.4 Å². The van der Waals surface area contributed by atoms with Crippen LogP contribution in [0.25, 0.3) is 0 Å². The Morgan fingerprint density at radius 3 is 0.938 bits per heavy atom. The standard InChI is InChI=1S/C59H96O6/c1-4-7-10-13-16-19-22-25-28-29-32-34-37-40-43-46-49-52-58(61)64-55-56(65-59(62)53-50-47-44-41-38-35-31-27-24-21-18-15-12-9-6-3)54-63-57(60)51-48-45-42-39-36-33-30-26-23-20-17-14-11-8-5-2/h7-8,10-11,16-21,25-28,30-32,34,56H,4-6,9,12-15,22-24,29,33,35-55H2,1-3H3/b10-7-,11-8-,19-16-,20-17-,21-18-,28-25-,30-26-,31-27-,34-32-/t56-/m0/s1. The molecule has 0 saturated heterocycles. The first-order valence-electron chi connectivity index (χ1n) is 26.4. The molecule has 0 bridgehead atoms. The van der Waals surface area contributed by atoms with Crippen molar-refractivity contribution in [2.75, 3.05) is 13.2 Å². The molecule has 0 spiro atoms. The minimum Gasteiger partial charge on any atom is -0.462 e. The van der Waals surface area contributed by atoms with Gasteiger partial charge in [0.05, 0.1) is 0 Å². The third-order valence-electron chi connectivity index (χ3n) is 10.7. The molecular formula is C59H96O6. The molecular weight excluding hydrogens is 805 g/mol. The molecule has 0 unspecified atom stereocenters. The molecule has 0 amide bonds. The molecule has 0 aromatic heterocycles. The molecule has 0 radical (unpaired) electrons. The van der Waals surface area contributed by atoms with Crippen LogP contribution in [0, 0.1) is 0 Å². The summed E-state index contributed by atoms with van der Waals surface area (Å²) in [6, 6.07) is 0. The molecule has 0 rings (SSSR count). The summed E-state index contributed by atoms with van der Waals surface area (Å²) >= 11 is 0. The maximum Gasteiger partial charge on any atom is 0.306 e. The molecule has 0 heterocycles. The van der Waals surface area contributed by atoms with E-state index in [1.807, 2.05) is 0 Å². The van der Waals surface area contributed by atoms with Gasteiger partial charge < -0.3 is 14.2 Å². The van der Waals surface area contributed by atoms with E-state index < -0.39 is 6.10 Å². The molecule has 0 saturated carbocycles. The van der Waals surface area contributed by atoms with Crippen LogP contribution in [0.15, 0.2) is 109 Å². The number of hydrogen-bond donors (Lipinski definition) is 0. The second kappa shape index (κ2) is 52.7. The lowest BCUT2D eigenvalue weighted by Gasteiger charge is -2.18. The SMILES string of the molecule is CC/C=C\C/C=C\C/C=C\C/C=C\CCCCCCC(=O)OC[C@H](COC(=O)CCCCCCC/C=C\C/C=C\C/C=C\CC)OC(=O)CCCCCCC/C=C\C/C=C\CCCCC. The maximum absolute atomic E-state index is 12.8. The van der Waals surface area contributed by atoms with E-state index >= 15 is 0 Å². The number of allylic oxidation sites excluding steroid dienone is 18. The molecule has 0 aliphatic rings. The molecule has 0 aliphatic carbocycles. The van der Waals surface area contributed by atoms with Crippen molar-refractivity contribution >= 4 is 17.9 Å². The summed E-state index contributed by atoms with van der Waals surface area (Å²) in [5.41, 5.74) is 0. The molecule has 0 fully saturated rings. The highest BCUT2D eigenvalue weighted by Crippen LogP contribution is 2.13. The van der Waals surface area contributed by atoms with Gasteiger partial charge in [-0.05, 0) is 122 Å². The second-order valence-corrected chi connectivity index (χ2v) is 17.0. The first-order valence-corrected chi connectivity index (χ1v) is 26.4. The normalized spacial score (nSPS) is 13.0. The number of carbonyl (C=O) groups excluding carboxylic acids is 3. The average Bonchev–Trinajstić information content (AvgIpc) is 3.30. The largest absolute Gasteiger partial charge is 0.462 e. The monoisotopic (exact) mass is 901 g/mol. The van der Waals surface area contributed by atoms with Gasteiger partial charge in [-0.1, -0.05) is 194 Å². The van der Waals surface area contributed by atoms with Gasteiger partial charge in [0.15, 0.2) is 6.10 Å². The van der Waals surface area contributed by atoms with Crippen molar-refractivity contribution < 1.29 is 28.6 Å². The summed E-state index contributed by atoms with van der Waals surface area (Å²) in [5.74, 6) is -0.961. The summed E-state index contributed by atoms with van der Waals surface area (Å²) in [6.45, 7) is 6.33. The van der Waals surface area contributed by atoms with Crippen molar-refractivity contribution in [3.05, 3.63) is 109 Å². The Labute approximate surface area is 400 Å². The minimum absolute atomic E-state index is 0.103. The van der Waals surface area contributed by atoms with E-state index in [4.69, 9.17) is 14.2 Å². The molecule has 65 heavy (non-hydrogen) atoms. The van der Waals surface area contributed by atoms with Crippen molar-refractivity contribution in [2.45, 2.75) is 232 Å². The van der Waals surface area contributed by atoms with Crippen LogP contribution in [0.2, 0.25) is 0 Å². The first kappa shape index (κ1) is 61.1. The smallest absolute Gasteiger partial charge is 0.306 e. The zero-order chi connectivity index (χ0) is 47.2. The maximum atomic E-state index is 12.8. The van der Waals surface area contributed by atoms with Crippen molar-refractivity contribution in [1.82, 2.24) is 0 Å². The highest BCUT2D eigenvalue weighted by molar-refractivity contribution is 5.71. The molecule has 0 aromatic carbocycles. The van der Waals surface area contributed by atoms with Gasteiger partial charge in [0, 0.05) is 19.3 Å². The Morgan fingerprint density at radius 2 is 0.600 bits per heavy atom. The number of hydrogen-bond acceptors (Lipinski definition) is 6. The first-order chi connectivity index (χ1) is 32.0. The van der Waals surface area contributed by atoms with Gasteiger partial charge in [0.25, 0.3) is 0 Å². The van der Waals surface area contributed by atoms with Crippen molar-refractivity contribution in [2.24, 2.45) is 0 Å². The van der Waals surface area contributed by atoms with Crippen molar-refractivity contribution in [3.63, 3.8) is 0 Å². The van der Waals surface area contributed by atoms with Gasteiger partial charge in [0.1, 0.15) is 13.2 Å². The lowest BCUT2D eigenvalue weighted by atomic mass is 10.1. The third kappa shape index (κ3) is 50.9. The fourth-order valence-electron chi connectivity index (χ4n) is 6.83. The number of ether oxygens (including phenoxy) is 3. The summed E-state index contributed by atoms with van der Waals surface area (Å²) in [4.78, 5) is 38.0. The topological polar surface area (TPSA) is 78.9 Å². The minimum atomic E-state index is -0.805. The summed E-state index contributed by atoms with van der Waals surface area (Å²) in [6.07, 6.45) is 70.6. The molecule has 368 valence electrons. The third-order valence-corrected chi connectivity index (χ3v) is 10.7. The van der Waals surface area contributed by atoms with E-state index in [-0.39, 0.29) is 31.1 Å².